The average molecular weight is 438 g/mol. The van der Waals surface area contributed by atoms with E-state index >= 15 is 0 Å². The first-order chi connectivity index (χ1) is 15.1. The molecule has 2 aromatic carbocycles. The zero-order valence-corrected chi connectivity index (χ0v) is 18.2. The Morgan fingerprint density at radius 3 is 2.84 bits per heavy atom. The number of hydrogen-bond donors (Lipinski definition) is 2. The van der Waals surface area contributed by atoms with Crippen LogP contribution < -0.4 is 15.6 Å². The van der Waals surface area contributed by atoms with Crippen molar-refractivity contribution in [1.29, 1.82) is 0 Å². The molecule has 3 aromatic rings. The lowest BCUT2D eigenvalue weighted by atomic mass is 9.97. The van der Waals surface area contributed by atoms with E-state index in [9.17, 15) is 9.59 Å². The third-order valence-corrected chi connectivity index (χ3v) is 6.04. The summed E-state index contributed by atoms with van der Waals surface area (Å²) in [7, 11) is 0. The van der Waals surface area contributed by atoms with Gasteiger partial charge < -0.3 is 15.0 Å². The highest BCUT2D eigenvalue weighted by molar-refractivity contribution is 7.71. The highest BCUT2D eigenvalue weighted by atomic mass is 32.1. The summed E-state index contributed by atoms with van der Waals surface area (Å²) in [5.41, 5.74) is 1.90. The fourth-order valence-electron chi connectivity index (χ4n) is 4.00. The van der Waals surface area contributed by atoms with Crippen molar-refractivity contribution in [2.24, 2.45) is 5.92 Å². The number of carbonyl (C=O) groups is 1. The van der Waals surface area contributed by atoms with Gasteiger partial charge in [0.2, 0.25) is 5.91 Å². The zero-order valence-electron chi connectivity index (χ0n) is 17.4. The van der Waals surface area contributed by atoms with E-state index in [0.717, 1.165) is 36.9 Å². The van der Waals surface area contributed by atoms with E-state index in [-0.39, 0.29) is 11.5 Å². The smallest absolute Gasteiger partial charge is 0.262 e. The summed E-state index contributed by atoms with van der Waals surface area (Å²) in [6.07, 6.45) is 3.87. The number of benzene rings is 2. The van der Waals surface area contributed by atoms with Crippen LogP contribution in [0.4, 0.5) is 0 Å². The van der Waals surface area contributed by atoms with E-state index in [1.807, 2.05) is 36.4 Å². The molecule has 0 bridgehead atoms. The van der Waals surface area contributed by atoms with Crippen LogP contribution in [0.5, 0.6) is 5.75 Å². The fourth-order valence-corrected chi connectivity index (χ4v) is 4.29. The van der Waals surface area contributed by atoms with Crippen LogP contribution in [0.1, 0.15) is 31.2 Å². The first kappa shape index (κ1) is 21.3. The number of unbranched alkanes of at least 4 members (excludes halogenated alkanes) is 2. The number of nitrogens with one attached hydrogen (secondary N) is 2. The monoisotopic (exact) mass is 437 g/mol. The molecule has 0 saturated heterocycles. The molecule has 162 valence electrons. The summed E-state index contributed by atoms with van der Waals surface area (Å²) in [5.74, 6) is 1.33. The highest BCUT2D eigenvalue weighted by Gasteiger charge is 2.19. The second-order valence-electron chi connectivity index (χ2n) is 8.04. The Bertz CT molecular complexity index is 1180. The van der Waals surface area contributed by atoms with Crippen molar-refractivity contribution in [3.8, 4) is 5.75 Å². The standard InChI is InChI=1S/C24H27N3O3S/c28-22(25-15-17-14-18-8-3-6-11-21(18)30-16-17)12-2-1-7-13-27-23(29)19-9-4-5-10-20(19)26-24(27)31/h3-6,8-11,17H,1-2,7,12-16H2,(H,25,28)(H,26,31). The number of hydrogen-bond acceptors (Lipinski definition) is 4. The molecule has 7 heteroatoms. The summed E-state index contributed by atoms with van der Waals surface area (Å²) < 4.78 is 7.83. The van der Waals surface area contributed by atoms with Gasteiger partial charge in [0.1, 0.15) is 5.75 Å². The van der Waals surface area contributed by atoms with Crippen LogP contribution in [0.15, 0.2) is 53.3 Å². The van der Waals surface area contributed by atoms with E-state index < -0.39 is 0 Å². The summed E-state index contributed by atoms with van der Waals surface area (Å²) in [6, 6.07) is 15.4. The first-order valence-corrected chi connectivity index (χ1v) is 11.2. The Morgan fingerprint density at radius 2 is 1.94 bits per heavy atom. The number of rotatable bonds is 8. The number of para-hydroxylation sites is 2. The molecule has 0 fully saturated rings. The summed E-state index contributed by atoms with van der Waals surface area (Å²) in [4.78, 5) is 27.9. The molecule has 1 aromatic heterocycles. The number of amides is 1. The van der Waals surface area contributed by atoms with E-state index in [1.54, 1.807) is 10.6 Å². The maximum atomic E-state index is 12.6. The average Bonchev–Trinajstić information content (AvgIpc) is 2.79. The number of nitrogens with zero attached hydrogens (tertiary/aromatic N) is 1. The summed E-state index contributed by atoms with van der Waals surface area (Å²) in [5, 5.41) is 3.68. The van der Waals surface area contributed by atoms with Crippen LogP contribution in [0.25, 0.3) is 10.9 Å². The van der Waals surface area contributed by atoms with Crippen molar-refractivity contribution in [2.75, 3.05) is 13.2 Å². The molecule has 0 spiro atoms. The van der Waals surface area contributed by atoms with Gasteiger partial charge in [0, 0.05) is 25.4 Å². The lowest BCUT2D eigenvalue weighted by Gasteiger charge is -2.25. The Morgan fingerprint density at radius 1 is 1.13 bits per heavy atom. The molecule has 6 nitrogen and oxygen atoms in total. The van der Waals surface area contributed by atoms with Crippen LogP contribution >= 0.6 is 12.2 Å². The number of aromatic amines is 1. The van der Waals surface area contributed by atoms with Crippen molar-refractivity contribution in [1.82, 2.24) is 14.9 Å². The molecule has 1 aliphatic rings. The van der Waals surface area contributed by atoms with Crippen molar-refractivity contribution in [3.05, 3.63) is 69.2 Å². The minimum absolute atomic E-state index is 0.0617. The lowest BCUT2D eigenvalue weighted by Crippen LogP contribution is -2.34. The molecule has 1 aliphatic heterocycles. The lowest BCUT2D eigenvalue weighted by molar-refractivity contribution is -0.121. The molecular weight excluding hydrogens is 410 g/mol. The maximum Gasteiger partial charge on any atom is 0.262 e. The maximum absolute atomic E-state index is 12.6. The number of aromatic nitrogens is 2. The number of fused-ring (bicyclic) bond motifs is 2. The largest absolute Gasteiger partial charge is 0.493 e. The van der Waals surface area contributed by atoms with Crippen molar-refractivity contribution < 1.29 is 9.53 Å². The molecule has 1 unspecified atom stereocenters. The van der Waals surface area contributed by atoms with Gasteiger partial charge in [-0.25, -0.2) is 0 Å². The predicted octanol–water partition coefficient (Wildman–Crippen LogP) is 3.99. The molecule has 1 amide bonds. The Labute approximate surface area is 186 Å². The molecule has 0 radical (unpaired) electrons. The molecule has 31 heavy (non-hydrogen) atoms. The van der Waals surface area contributed by atoms with E-state index in [0.29, 0.717) is 42.2 Å². The molecule has 4 rings (SSSR count). The molecule has 1 atom stereocenters. The Kier molecular flexibility index (Phi) is 6.82. The Hall–Kier alpha value is -2.93. The molecular formula is C24H27N3O3S. The normalized spacial score (nSPS) is 15.3. The van der Waals surface area contributed by atoms with Gasteiger partial charge in [-0.1, -0.05) is 36.8 Å². The van der Waals surface area contributed by atoms with Gasteiger partial charge in [-0.3, -0.25) is 14.2 Å². The zero-order chi connectivity index (χ0) is 21.6. The number of H-pyrrole nitrogens is 1. The van der Waals surface area contributed by atoms with Crippen LogP contribution in [0, 0.1) is 10.7 Å². The minimum atomic E-state index is -0.0617. The molecule has 0 saturated carbocycles. The van der Waals surface area contributed by atoms with E-state index in [1.165, 1.54) is 5.56 Å². The van der Waals surface area contributed by atoms with Crippen molar-refractivity contribution >= 4 is 29.0 Å². The van der Waals surface area contributed by atoms with Crippen LogP contribution in [-0.4, -0.2) is 28.6 Å². The SMILES string of the molecule is O=C(CCCCCn1c(=S)[nH]c2ccccc2c1=O)NCC1COc2ccccc2C1. The summed E-state index contributed by atoms with van der Waals surface area (Å²) >= 11 is 5.34. The molecule has 2 N–H and O–H groups in total. The van der Waals surface area contributed by atoms with Crippen LogP contribution in [-0.2, 0) is 17.8 Å². The topological polar surface area (TPSA) is 76.1 Å². The van der Waals surface area contributed by atoms with E-state index in [2.05, 4.69) is 16.4 Å². The van der Waals surface area contributed by atoms with Gasteiger partial charge in [0.05, 0.1) is 17.5 Å². The number of carbonyl (C=O) groups excluding carboxylic acids is 1. The third-order valence-electron chi connectivity index (χ3n) is 5.72. The van der Waals surface area contributed by atoms with Gasteiger partial charge in [0.25, 0.3) is 5.56 Å². The second kappa shape index (κ2) is 9.92. The molecule has 0 aliphatic carbocycles. The quantitative estimate of drug-likeness (QED) is 0.413. The van der Waals surface area contributed by atoms with Gasteiger partial charge in [-0.05, 0) is 55.2 Å². The van der Waals surface area contributed by atoms with Crippen molar-refractivity contribution in [3.63, 3.8) is 0 Å². The van der Waals surface area contributed by atoms with Crippen molar-refractivity contribution in [2.45, 2.75) is 38.6 Å². The van der Waals surface area contributed by atoms with E-state index in [4.69, 9.17) is 17.0 Å². The van der Waals surface area contributed by atoms with Gasteiger partial charge in [0.15, 0.2) is 4.77 Å². The van der Waals surface area contributed by atoms with Crippen LogP contribution in [0.3, 0.4) is 0 Å². The van der Waals surface area contributed by atoms with Gasteiger partial charge in [-0.15, -0.1) is 0 Å². The molecule has 2 heterocycles. The third kappa shape index (κ3) is 5.22. The summed E-state index contributed by atoms with van der Waals surface area (Å²) in [6.45, 7) is 1.83. The highest BCUT2D eigenvalue weighted by Crippen LogP contribution is 2.26. The minimum Gasteiger partial charge on any atom is -0.493 e. The second-order valence-corrected chi connectivity index (χ2v) is 8.42. The van der Waals surface area contributed by atoms with Gasteiger partial charge in [-0.2, -0.15) is 0 Å². The Balaban J connectivity index is 1.18. The first-order valence-electron chi connectivity index (χ1n) is 10.8. The number of ether oxygens (including phenoxy) is 1. The van der Waals surface area contributed by atoms with Gasteiger partial charge >= 0.3 is 0 Å². The fraction of sp³-hybridized carbons (Fsp3) is 0.375. The van der Waals surface area contributed by atoms with Crippen LogP contribution in [0.2, 0.25) is 0 Å². The predicted molar refractivity (Wildman–Crippen MR) is 124 cm³/mol.